The zero-order valence-corrected chi connectivity index (χ0v) is 13.0. The Morgan fingerprint density at radius 2 is 1.88 bits per heavy atom. The zero-order chi connectivity index (χ0) is 17.4. The number of nitriles is 2. The normalized spacial score (nSPS) is 37.0. The Morgan fingerprint density at radius 3 is 2.46 bits per heavy atom. The highest BCUT2D eigenvalue weighted by atomic mass is 16.7. The highest BCUT2D eigenvalue weighted by molar-refractivity contribution is 6.20. The van der Waals surface area contributed by atoms with Crippen LogP contribution in [0, 0.1) is 33.5 Å². The van der Waals surface area contributed by atoms with E-state index in [0.717, 1.165) is 0 Å². The number of anilines is 1. The molecule has 1 fully saturated rings. The largest absolute Gasteiger partial charge is 0.386 e. The molecule has 1 spiro atoms. The number of rotatable bonds is 2. The van der Waals surface area contributed by atoms with E-state index in [0.29, 0.717) is 11.3 Å². The van der Waals surface area contributed by atoms with Gasteiger partial charge in [0.15, 0.2) is 10.8 Å². The van der Waals surface area contributed by atoms with Gasteiger partial charge in [-0.05, 0) is 11.6 Å². The number of methoxy groups -OCH3 is 2. The van der Waals surface area contributed by atoms with E-state index < -0.39 is 28.1 Å². The molecule has 24 heavy (non-hydrogen) atoms. The first kappa shape index (κ1) is 14.6. The van der Waals surface area contributed by atoms with Gasteiger partial charge in [-0.3, -0.25) is 4.79 Å². The Morgan fingerprint density at radius 1 is 1.21 bits per heavy atom. The van der Waals surface area contributed by atoms with Gasteiger partial charge in [0.1, 0.15) is 11.3 Å². The molecular formula is C16H13N5O3. The molecule has 1 aliphatic carbocycles. The summed E-state index contributed by atoms with van der Waals surface area (Å²) in [6, 6.07) is 11.1. The molecule has 1 aromatic carbocycles. The Labute approximate surface area is 137 Å². The van der Waals surface area contributed by atoms with Crippen LogP contribution in [0.3, 0.4) is 0 Å². The predicted molar refractivity (Wildman–Crippen MR) is 81.2 cm³/mol. The SMILES string of the molecule is COC1(OC)N=C(N)C2(C#N)C3(C(=O)Nc4ccccc43)C12C#N. The molecule has 120 valence electrons. The van der Waals surface area contributed by atoms with Crippen LogP contribution in [0.15, 0.2) is 29.3 Å². The summed E-state index contributed by atoms with van der Waals surface area (Å²) in [5, 5.41) is 22.8. The van der Waals surface area contributed by atoms with Gasteiger partial charge in [-0.25, -0.2) is 4.99 Å². The van der Waals surface area contributed by atoms with E-state index in [1.807, 2.05) is 0 Å². The molecule has 1 saturated carbocycles. The molecular weight excluding hydrogens is 310 g/mol. The van der Waals surface area contributed by atoms with Gasteiger partial charge in [-0.1, -0.05) is 18.2 Å². The standard InChI is InChI=1S/C16H13N5O3/c1-23-16(24-2)14(8-18)13(7-17,11(19)21-16)15(14)9-5-3-4-6-10(9)20-12(15)22/h3-6H,1-2H3,(H2,19,21)(H,20,22). The van der Waals surface area contributed by atoms with Gasteiger partial charge in [0.2, 0.25) is 5.91 Å². The van der Waals surface area contributed by atoms with Gasteiger partial charge in [-0.2, -0.15) is 10.5 Å². The Balaban J connectivity index is 2.15. The second-order valence-corrected chi connectivity index (χ2v) is 5.96. The van der Waals surface area contributed by atoms with Crippen molar-refractivity contribution in [3.63, 3.8) is 0 Å². The molecule has 8 nitrogen and oxygen atoms in total. The van der Waals surface area contributed by atoms with Gasteiger partial charge in [0, 0.05) is 19.9 Å². The monoisotopic (exact) mass is 323 g/mol. The molecule has 2 heterocycles. The van der Waals surface area contributed by atoms with Crippen molar-refractivity contribution in [2.24, 2.45) is 21.6 Å². The third-order valence-electron chi connectivity index (χ3n) is 5.56. The van der Waals surface area contributed by atoms with E-state index in [2.05, 4.69) is 22.4 Å². The third-order valence-corrected chi connectivity index (χ3v) is 5.56. The topological polar surface area (TPSA) is 134 Å². The van der Waals surface area contributed by atoms with Gasteiger partial charge in [0.25, 0.3) is 5.91 Å². The van der Waals surface area contributed by atoms with E-state index in [1.165, 1.54) is 14.2 Å². The predicted octanol–water partition coefficient (Wildman–Crippen LogP) is 0.227. The van der Waals surface area contributed by atoms with Crippen LogP contribution in [0.1, 0.15) is 5.56 Å². The molecule has 3 atom stereocenters. The highest BCUT2D eigenvalue weighted by Crippen LogP contribution is 2.86. The van der Waals surface area contributed by atoms with Crippen LogP contribution in [-0.4, -0.2) is 31.9 Å². The summed E-state index contributed by atoms with van der Waals surface area (Å²) in [6.07, 6.45) is 0. The molecule has 0 radical (unpaired) electrons. The first-order chi connectivity index (χ1) is 11.5. The summed E-state index contributed by atoms with van der Waals surface area (Å²) >= 11 is 0. The first-order valence-electron chi connectivity index (χ1n) is 7.19. The van der Waals surface area contributed by atoms with Crippen LogP contribution < -0.4 is 11.1 Å². The number of amides is 1. The summed E-state index contributed by atoms with van der Waals surface area (Å²) in [4.78, 5) is 17.1. The molecule has 0 saturated heterocycles. The quantitative estimate of drug-likeness (QED) is 0.748. The number of ether oxygens (including phenoxy) is 2. The number of hydrogen-bond acceptors (Lipinski definition) is 7. The van der Waals surface area contributed by atoms with Gasteiger partial charge in [-0.15, -0.1) is 0 Å². The average molecular weight is 323 g/mol. The van der Waals surface area contributed by atoms with E-state index in [-0.39, 0.29) is 5.84 Å². The van der Waals surface area contributed by atoms with Gasteiger partial charge < -0.3 is 20.5 Å². The number of benzene rings is 1. The lowest BCUT2D eigenvalue weighted by Crippen LogP contribution is -2.47. The van der Waals surface area contributed by atoms with Crippen LogP contribution in [-0.2, 0) is 19.7 Å². The van der Waals surface area contributed by atoms with Crippen molar-refractivity contribution in [1.29, 1.82) is 10.5 Å². The third kappa shape index (κ3) is 0.946. The fourth-order valence-electron chi connectivity index (χ4n) is 4.69. The van der Waals surface area contributed by atoms with Crippen LogP contribution in [0.5, 0.6) is 0 Å². The smallest absolute Gasteiger partial charge is 0.293 e. The number of aliphatic imine (C=N–C) groups is 1. The Kier molecular flexibility index (Phi) is 2.40. The summed E-state index contributed by atoms with van der Waals surface area (Å²) in [7, 11) is 2.61. The minimum atomic E-state index is -1.84. The van der Waals surface area contributed by atoms with Crippen molar-refractivity contribution >= 4 is 17.4 Å². The number of nitrogens with one attached hydrogen (secondary N) is 1. The molecule has 3 N–H and O–H groups in total. The molecule has 1 aromatic rings. The number of hydrogen-bond donors (Lipinski definition) is 2. The van der Waals surface area contributed by atoms with E-state index >= 15 is 0 Å². The van der Waals surface area contributed by atoms with Crippen molar-refractivity contribution < 1.29 is 14.3 Å². The fraction of sp³-hybridized carbons (Fsp3) is 0.375. The number of para-hydroxylation sites is 1. The van der Waals surface area contributed by atoms with E-state index in [9.17, 15) is 15.3 Å². The van der Waals surface area contributed by atoms with Crippen molar-refractivity contribution in [2.75, 3.05) is 19.5 Å². The van der Waals surface area contributed by atoms with E-state index in [1.54, 1.807) is 24.3 Å². The minimum Gasteiger partial charge on any atom is -0.386 e. The molecule has 8 heteroatoms. The van der Waals surface area contributed by atoms with Crippen LogP contribution in [0.2, 0.25) is 0 Å². The summed E-state index contributed by atoms with van der Waals surface area (Å²) < 4.78 is 10.8. The van der Waals surface area contributed by atoms with Crippen LogP contribution in [0.4, 0.5) is 5.69 Å². The molecule has 2 aliphatic heterocycles. The number of nitrogens with two attached hydrogens (primary N) is 1. The lowest BCUT2D eigenvalue weighted by Gasteiger charge is -2.31. The zero-order valence-electron chi connectivity index (χ0n) is 13.0. The van der Waals surface area contributed by atoms with Crippen molar-refractivity contribution in [2.45, 2.75) is 11.3 Å². The summed E-state index contributed by atoms with van der Waals surface area (Å²) in [5.41, 5.74) is 2.22. The van der Waals surface area contributed by atoms with Gasteiger partial charge in [0.05, 0.1) is 12.1 Å². The fourth-order valence-corrected chi connectivity index (χ4v) is 4.69. The summed E-state index contributed by atoms with van der Waals surface area (Å²) in [6.45, 7) is 0. The second kappa shape index (κ2) is 3.93. The molecule has 4 rings (SSSR count). The van der Waals surface area contributed by atoms with Gasteiger partial charge >= 0.3 is 0 Å². The van der Waals surface area contributed by atoms with Crippen molar-refractivity contribution in [1.82, 2.24) is 0 Å². The molecule has 0 bridgehead atoms. The lowest BCUT2D eigenvalue weighted by atomic mass is 9.84. The van der Waals surface area contributed by atoms with Crippen LogP contribution in [0.25, 0.3) is 0 Å². The maximum Gasteiger partial charge on any atom is 0.293 e. The van der Waals surface area contributed by atoms with Crippen LogP contribution >= 0.6 is 0 Å². The number of fused-ring (bicyclic) bond motifs is 5. The molecule has 0 aromatic heterocycles. The Hall–Kier alpha value is -2.94. The average Bonchev–Trinajstić information content (AvgIpc) is 2.94. The minimum absolute atomic E-state index is 0.137. The molecule has 3 aliphatic rings. The lowest BCUT2D eigenvalue weighted by molar-refractivity contribution is -0.233. The van der Waals surface area contributed by atoms with E-state index in [4.69, 9.17) is 15.2 Å². The van der Waals surface area contributed by atoms with Crippen molar-refractivity contribution in [3.05, 3.63) is 29.8 Å². The molecule has 3 unspecified atom stereocenters. The second-order valence-electron chi connectivity index (χ2n) is 5.96. The number of amidine groups is 1. The number of carbonyl (C=O) groups excluding carboxylic acids is 1. The maximum absolute atomic E-state index is 13.0. The number of carbonyl (C=O) groups is 1. The Bertz CT molecular complexity index is 909. The maximum atomic E-state index is 13.0. The van der Waals surface area contributed by atoms with Crippen molar-refractivity contribution in [3.8, 4) is 12.1 Å². The summed E-state index contributed by atoms with van der Waals surface area (Å²) in [5.74, 6) is -2.46. The molecule has 1 amide bonds. The highest BCUT2D eigenvalue weighted by Gasteiger charge is 3.05. The first-order valence-corrected chi connectivity index (χ1v) is 7.19. The number of nitrogens with zero attached hydrogens (tertiary/aromatic N) is 3.